The molecule has 0 spiro atoms. The van der Waals surface area contributed by atoms with Gasteiger partial charge in [-0.15, -0.1) is 0 Å². The summed E-state index contributed by atoms with van der Waals surface area (Å²) in [5.74, 6) is 0. The summed E-state index contributed by atoms with van der Waals surface area (Å²) in [7, 11) is 0. The Bertz CT molecular complexity index is 881. The van der Waals surface area contributed by atoms with Gasteiger partial charge in [-0.2, -0.15) is 0 Å². The van der Waals surface area contributed by atoms with Gasteiger partial charge in [0.2, 0.25) is 0 Å². The van der Waals surface area contributed by atoms with Crippen molar-refractivity contribution in [2.24, 2.45) is 0 Å². The molecule has 0 bridgehead atoms. The molecule has 0 aliphatic heterocycles. The van der Waals surface area contributed by atoms with Crippen LogP contribution in [0.15, 0.2) is 48.8 Å². The van der Waals surface area contributed by atoms with Crippen LogP contribution >= 0.6 is 0 Å². The number of hydrogen-bond donors (Lipinski definition) is 0. The van der Waals surface area contributed by atoms with E-state index in [-0.39, 0.29) is 24.8 Å². The molecule has 4 rings (SSSR count). The summed E-state index contributed by atoms with van der Waals surface area (Å²) in [5, 5.41) is 0. The maximum atomic E-state index is 2.50. The van der Waals surface area contributed by atoms with Crippen molar-refractivity contribution in [3.05, 3.63) is 69.5 Å². The normalized spacial score (nSPS) is 18.3. The van der Waals surface area contributed by atoms with E-state index in [1.54, 1.807) is 0 Å². The second kappa shape index (κ2) is 14.3. The van der Waals surface area contributed by atoms with E-state index in [1.807, 2.05) is 0 Å². The topological polar surface area (TPSA) is 9.86 Å². The Balaban J connectivity index is 0.000000410. The molecule has 1 saturated carbocycles. The molecule has 0 unspecified atom stereocenters. The van der Waals surface area contributed by atoms with Crippen LogP contribution in [0.1, 0.15) is 80.5 Å². The van der Waals surface area contributed by atoms with Crippen LogP contribution in [0.2, 0.25) is 0 Å². The van der Waals surface area contributed by atoms with Crippen molar-refractivity contribution in [3.8, 4) is 5.69 Å². The zero-order valence-corrected chi connectivity index (χ0v) is 23.0. The van der Waals surface area contributed by atoms with E-state index in [0.29, 0.717) is 6.04 Å². The molecule has 173 valence electrons. The molecule has 2 aromatic rings. The molecule has 0 radical (unpaired) electrons. The molecule has 1 fully saturated rings. The van der Waals surface area contributed by atoms with E-state index in [2.05, 4.69) is 97.2 Å². The van der Waals surface area contributed by atoms with Crippen molar-refractivity contribution in [1.82, 2.24) is 9.13 Å². The van der Waals surface area contributed by atoms with Crippen LogP contribution in [-0.2, 0) is 18.4 Å². The van der Waals surface area contributed by atoms with Gasteiger partial charge < -0.3 is 24.8 Å². The van der Waals surface area contributed by atoms with Gasteiger partial charge in [-0.1, -0.05) is 24.3 Å². The molecule has 0 amide bonds. The van der Waals surface area contributed by atoms with Gasteiger partial charge in [0, 0.05) is 0 Å². The molecule has 5 heteroatoms. The molecule has 1 aromatic carbocycles. The van der Waals surface area contributed by atoms with Crippen molar-refractivity contribution >= 4 is 0 Å². The van der Waals surface area contributed by atoms with Crippen molar-refractivity contribution in [3.63, 3.8) is 0 Å². The zero-order chi connectivity index (χ0) is 20.6. The predicted molar refractivity (Wildman–Crippen MR) is 120 cm³/mol. The number of imidazole rings is 1. The Labute approximate surface area is 211 Å². The molecule has 0 atom stereocenters. The van der Waals surface area contributed by atoms with Crippen LogP contribution < -0.4 is 24.8 Å². The molecule has 2 aliphatic rings. The van der Waals surface area contributed by atoms with Crippen molar-refractivity contribution in [1.29, 1.82) is 0 Å². The van der Waals surface area contributed by atoms with Gasteiger partial charge in [0.05, 0.1) is 0 Å². The molecule has 2 aliphatic carbocycles. The number of rotatable bonds is 2. The first kappa shape index (κ1) is 28.2. The fourth-order valence-electron chi connectivity index (χ4n) is 4.59. The monoisotopic (exact) mass is 639 g/mol. The van der Waals surface area contributed by atoms with Gasteiger partial charge >= 0.3 is 137 Å². The minimum Gasteiger partial charge on any atom is -1.00 e. The van der Waals surface area contributed by atoms with Crippen LogP contribution in [0.25, 0.3) is 5.69 Å². The minimum atomic E-state index is 0. The first-order valence-electron chi connectivity index (χ1n) is 11.2. The quantitative estimate of drug-likeness (QED) is 0.472. The third-order valence-corrected chi connectivity index (χ3v) is 7.18. The van der Waals surface area contributed by atoms with E-state index in [0.717, 1.165) is 0 Å². The van der Waals surface area contributed by atoms with Gasteiger partial charge in [-0.05, 0) is 25.7 Å². The van der Waals surface area contributed by atoms with Gasteiger partial charge in [0.1, 0.15) is 0 Å². The summed E-state index contributed by atoms with van der Waals surface area (Å²) in [6.07, 6.45) is 25.4. The van der Waals surface area contributed by atoms with E-state index in [4.69, 9.17) is 0 Å². The Morgan fingerprint density at radius 3 is 1.87 bits per heavy atom. The Hall–Kier alpha value is -0.861. The van der Waals surface area contributed by atoms with E-state index < -0.39 is 0 Å². The summed E-state index contributed by atoms with van der Waals surface area (Å²) in [4.78, 5) is 0. The van der Waals surface area contributed by atoms with Crippen LogP contribution in [0.5, 0.6) is 0 Å². The summed E-state index contributed by atoms with van der Waals surface area (Å²) in [6.45, 7) is 6.62. The first-order valence-corrected chi connectivity index (χ1v) is 12.4. The smallest absolute Gasteiger partial charge is 1.00 e. The third-order valence-electron chi connectivity index (χ3n) is 5.99. The maximum absolute atomic E-state index is 2.50. The number of hydrogen-bond acceptors (Lipinski definition) is 0. The second-order valence-corrected chi connectivity index (χ2v) is 9.58. The first-order chi connectivity index (χ1) is 14.1. The zero-order valence-electron chi connectivity index (χ0n) is 19.0. The number of halogens is 2. The minimum absolute atomic E-state index is 0. The summed E-state index contributed by atoms with van der Waals surface area (Å²) >= 11 is 2.26. The van der Waals surface area contributed by atoms with Gasteiger partial charge in [-0.3, -0.25) is 0 Å². The largest absolute Gasteiger partial charge is 1.00 e. The fraction of sp³-hybridized carbons (Fsp3) is 0.500. The Kier molecular flexibility index (Phi) is 13.0. The third kappa shape index (κ3) is 7.89. The maximum Gasteiger partial charge on any atom is -1.00 e. The van der Waals surface area contributed by atoms with E-state index >= 15 is 0 Å². The molecule has 0 saturated heterocycles. The number of nitrogens with zero attached hydrogens (tertiary/aromatic N) is 2. The molecular formula is C26H36Cl2IrN2. The average molecular weight is 640 g/mol. The van der Waals surface area contributed by atoms with Crippen molar-refractivity contribution in [2.45, 2.75) is 84.6 Å². The van der Waals surface area contributed by atoms with Crippen molar-refractivity contribution in [2.75, 3.05) is 0 Å². The van der Waals surface area contributed by atoms with Crippen LogP contribution in [0, 0.1) is 24.7 Å². The van der Waals surface area contributed by atoms with Crippen molar-refractivity contribution < 1.29 is 43.3 Å². The summed E-state index contributed by atoms with van der Waals surface area (Å²) < 4.78 is 6.23. The number of benzene rings is 1. The SMILES string of the molecule is C1=C\CCCC\C=C/1.Cc1cc(C)c(-n2ccn(C3CCCCC3)[c]2=[Ir+2])c(C)c1.[Cl-].[Cl-]. The van der Waals surface area contributed by atoms with Gasteiger partial charge in [0.15, 0.2) is 0 Å². The standard InChI is InChI=1S/C18H24N2.C8H12.2ClH.Ir/c1-14-11-15(2)18(16(3)12-14)20-10-9-19(13-20)17-7-5-4-6-8-17;1-2-4-6-8-7-5-3-1;;;/h9-12,17H,4-8H2,1-3H3;1-4H,5-8H2;2*1H;/q;;;;+2/p-2/b;3-1-,4-2-;;;. The summed E-state index contributed by atoms with van der Waals surface area (Å²) in [5.41, 5.74) is 5.43. The molecule has 1 aromatic heterocycles. The summed E-state index contributed by atoms with van der Waals surface area (Å²) in [6, 6.07) is 5.27. The Morgan fingerprint density at radius 1 is 0.774 bits per heavy atom. The molecule has 2 nitrogen and oxygen atoms in total. The molecule has 1 heterocycles. The van der Waals surface area contributed by atoms with E-state index in [1.165, 1.54) is 84.1 Å². The van der Waals surface area contributed by atoms with Crippen LogP contribution in [0.4, 0.5) is 0 Å². The van der Waals surface area contributed by atoms with E-state index in [9.17, 15) is 0 Å². The fourth-order valence-corrected chi connectivity index (χ4v) is 5.65. The van der Waals surface area contributed by atoms with Crippen LogP contribution in [-0.4, -0.2) is 9.13 Å². The predicted octanol–water partition coefficient (Wildman–Crippen LogP) is 1.47. The van der Waals surface area contributed by atoms with Crippen LogP contribution in [0.3, 0.4) is 0 Å². The Morgan fingerprint density at radius 2 is 1.32 bits per heavy atom. The number of aromatic nitrogens is 2. The molecule has 0 N–H and O–H groups in total. The number of aryl methyl sites for hydroxylation is 3. The van der Waals surface area contributed by atoms with Gasteiger partial charge in [0.25, 0.3) is 0 Å². The van der Waals surface area contributed by atoms with Gasteiger partial charge in [-0.25, -0.2) is 0 Å². The molecular weight excluding hydrogens is 603 g/mol. The average Bonchev–Trinajstić information content (AvgIpc) is 3.03. The molecule has 31 heavy (non-hydrogen) atoms. The second-order valence-electron chi connectivity index (χ2n) is 8.50. The number of allylic oxidation sites excluding steroid dienone is 4.